The van der Waals surface area contributed by atoms with Crippen LogP contribution in [0.15, 0.2) is 78.9 Å². The van der Waals surface area contributed by atoms with Gasteiger partial charge in [-0.1, -0.05) is 43.3 Å². The number of carbonyl (C=O) groups is 1. The summed E-state index contributed by atoms with van der Waals surface area (Å²) in [6.45, 7) is 4.91. The first kappa shape index (κ1) is 24.9. The van der Waals surface area contributed by atoms with E-state index in [4.69, 9.17) is 19.3 Å². The molecule has 0 bridgehead atoms. The van der Waals surface area contributed by atoms with Gasteiger partial charge in [-0.3, -0.25) is 4.79 Å². The van der Waals surface area contributed by atoms with Gasteiger partial charge in [0.2, 0.25) is 5.88 Å². The number of ether oxygens (including phenoxy) is 3. The molecule has 0 aliphatic rings. The summed E-state index contributed by atoms with van der Waals surface area (Å²) in [4.78, 5) is 15.4. The monoisotopic (exact) mass is 485 g/mol. The number of amides is 1. The maximum atomic E-state index is 13.5. The zero-order valence-corrected chi connectivity index (χ0v) is 21.1. The molecule has 186 valence electrons. The highest BCUT2D eigenvalue weighted by molar-refractivity contribution is 5.94. The molecule has 4 aromatic rings. The number of rotatable bonds is 10. The van der Waals surface area contributed by atoms with Crippen molar-refractivity contribution < 1.29 is 19.0 Å². The van der Waals surface area contributed by atoms with E-state index in [-0.39, 0.29) is 5.91 Å². The number of para-hydroxylation sites is 3. The van der Waals surface area contributed by atoms with E-state index in [2.05, 4.69) is 6.92 Å². The summed E-state index contributed by atoms with van der Waals surface area (Å²) in [5.74, 6) is 2.29. The van der Waals surface area contributed by atoms with Crippen molar-refractivity contribution in [3.63, 3.8) is 0 Å². The highest BCUT2D eigenvalue weighted by atomic mass is 16.5. The average Bonchev–Trinajstić information content (AvgIpc) is 3.23. The minimum absolute atomic E-state index is 0.0779. The highest BCUT2D eigenvalue weighted by Gasteiger charge is 2.25. The van der Waals surface area contributed by atoms with Gasteiger partial charge in [0.15, 0.2) is 11.5 Å². The summed E-state index contributed by atoms with van der Waals surface area (Å²) in [6.07, 6.45) is 0.810. The van der Waals surface area contributed by atoms with E-state index in [0.717, 1.165) is 23.4 Å². The Labute approximate surface area is 211 Å². The van der Waals surface area contributed by atoms with E-state index in [1.54, 1.807) is 31.0 Å². The number of methoxy groups -OCH3 is 2. The average molecular weight is 486 g/mol. The minimum atomic E-state index is -0.0779. The van der Waals surface area contributed by atoms with Crippen LogP contribution in [-0.4, -0.2) is 41.4 Å². The van der Waals surface area contributed by atoms with Crippen molar-refractivity contribution in [1.29, 1.82) is 0 Å². The molecule has 0 aliphatic heterocycles. The lowest BCUT2D eigenvalue weighted by molar-refractivity contribution is 0.0741. The maximum absolute atomic E-state index is 13.5. The first-order chi connectivity index (χ1) is 17.5. The Morgan fingerprint density at radius 2 is 1.64 bits per heavy atom. The molecule has 0 atom stereocenters. The third-order valence-corrected chi connectivity index (χ3v) is 5.86. The summed E-state index contributed by atoms with van der Waals surface area (Å²) in [5, 5.41) is 4.80. The van der Waals surface area contributed by atoms with Gasteiger partial charge in [0.25, 0.3) is 5.91 Å². The fourth-order valence-corrected chi connectivity index (χ4v) is 4.03. The number of benzene rings is 3. The number of aromatic nitrogens is 2. The topological polar surface area (TPSA) is 65.8 Å². The molecule has 0 unspecified atom stereocenters. The summed E-state index contributed by atoms with van der Waals surface area (Å²) >= 11 is 0. The van der Waals surface area contributed by atoms with Gasteiger partial charge in [-0.25, -0.2) is 4.68 Å². The molecule has 0 aliphatic carbocycles. The standard InChI is InChI=1S/C29H31N3O4/c1-5-18-31(28(33)22-12-11-15-24(19-22)34-3)20-25-21(2)30-32(23-13-7-6-8-14-23)29(25)36-27-17-10-9-16-26(27)35-4/h6-17,19H,5,18,20H2,1-4H3. The van der Waals surface area contributed by atoms with Gasteiger partial charge < -0.3 is 19.1 Å². The van der Waals surface area contributed by atoms with Crippen molar-refractivity contribution in [2.45, 2.75) is 26.8 Å². The van der Waals surface area contributed by atoms with Crippen molar-refractivity contribution >= 4 is 5.91 Å². The van der Waals surface area contributed by atoms with Gasteiger partial charge in [0.1, 0.15) is 5.75 Å². The Hall–Kier alpha value is -4.26. The Bertz CT molecular complexity index is 1320. The van der Waals surface area contributed by atoms with E-state index in [9.17, 15) is 4.79 Å². The van der Waals surface area contributed by atoms with Gasteiger partial charge in [-0.05, 0) is 55.8 Å². The minimum Gasteiger partial charge on any atom is -0.497 e. The van der Waals surface area contributed by atoms with Crippen LogP contribution in [0.1, 0.15) is 35.0 Å². The molecule has 1 amide bonds. The number of carbonyl (C=O) groups excluding carboxylic acids is 1. The molecular weight excluding hydrogens is 454 g/mol. The number of aryl methyl sites for hydroxylation is 1. The molecule has 1 aromatic heterocycles. The van der Waals surface area contributed by atoms with E-state index >= 15 is 0 Å². The summed E-state index contributed by atoms with van der Waals surface area (Å²) in [6, 6.07) is 24.5. The Balaban J connectivity index is 1.77. The molecule has 3 aromatic carbocycles. The van der Waals surface area contributed by atoms with Crippen LogP contribution in [0.5, 0.6) is 23.1 Å². The molecule has 7 nitrogen and oxygen atoms in total. The van der Waals surface area contributed by atoms with Crippen LogP contribution in [-0.2, 0) is 6.54 Å². The van der Waals surface area contributed by atoms with E-state index in [1.165, 1.54) is 0 Å². The maximum Gasteiger partial charge on any atom is 0.254 e. The fourth-order valence-electron chi connectivity index (χ4n) is 4.03. The summed E-state index contributed by atoms with van der Waals surface area (Å²) < 4.78 is 19.1. The molecule has 1 heterocycles. The lowest BCUT2D eigenvalue weighted by Crippen LogP contribution is -2.31. The number of hydrogen-bond donors (Lipinski definition) is 0. The third-order valence-electron chi connectivity index (χ3n) is 5.86. The molecule has 7 heteroatoms. The fraction of sp³-hybridized carbons (Fsp3) is 0.241. The van der Waals surface area contributed by atoms with Gasteiger partial charge in [0, 0.05) is 12.1 Å². The lowest BCUT2D eigenvalue weighted by atomic mass is 10.1. The van der Waals surface area contributed by atoms with Gasteiger partial charge in [0.05, 0.1) is 37.7 Å². The molecule has 0 saturated heterocycles. The quantitative estimate of drug-likeness (QED) is 0.274. The Morgan fingerprint density at radius 1 is 0.917 bits per heavy atom. The van der Waals surface area contributed by atoms with Crippen LogP contribution < -0.4 is 14.2 Å². The molecule has 0 radical (unpaired) electrons. The molecule has 4 rings (SSSR count). The SMILES string of the molecule is CCCN(Cc1c(C)nn(-c2ccccc2)c1Oc1ccccc1OC)C(=O)c1cccc(OC)c1. The van der Waals surface area contributed by atoms with Crippen LogP contribution in [0.3, 0.4) is 0 Å². The van der Waals surface area contributed by atoms with Crippen LogP contribution in [0.25, 0.3) is 5.69 Å². The Kier molecular flexibility index (Phi) is 7.90. The number of hydrogen-bond acceptors (Lipinski definition) is 5. The van der Waals surface area contributed by atoms with Crippen molar-refractivity contribution in [3.05, 3.63) is 95.7 Å². The normalized spacial score (nSPS) is 10.7. The van der Waals surface area contributed by atoms with Crippen molar-refractivity contribution in [1.82, 2.24) is 14.7 Å². The van der Waals surface area contributed by atoms with Gasteiger partial charge in [-0.2, -0.15) is 5.10 Å². The van der Waals surface area contributed by atoms with Crippen LogP contribution >= 0.6 is 0 Å². The second-order valence-electron chi connectivity index (χ2n) is 8.33. The van der Waals surface area contributed by atoms with Crippen LogP contribution in [0, 0.1) is 6.92 Å². The van der Waals surface area contributed by atoms with E-state index < -0.39 is 0 Å². The summed E-state index contributed by atoms with van der Waals surface area (Å²) in [5.41, 5.74) is 3.04. The Morgan fingerprint density at radius 3 is 2.33 bits per heavy atom. The summed E-state index contributed by atoms with van der Waals surface area (Å²) in [7, 11) is 3.20. The van der Waals surface area contributed by atoms with E-state index in [0.29, 0.717) is 41.8 Å². The van der Waals surface area contributed by atoms with Crippen molar-refractivity contribution in [3.8, 4) is 28.8 Å². The molecule has 0 fully saturated rings. The number of nitrogens with zero attached hydrogens (tertiary/aromatic N) is 3. The predicted octanol–water partition coefficient (Wildman–Crippen LogP) is 6.04. The molecule has 0 saturated carbocycles. The largest absolute Gasteiger partial charge is 0.497 e. The van der Waals surface area contributed by atoms with Gasteiger partial charge in [-0.15, -0.1) is 0 Å². The zero-order valence-electron chi connectivity index (χ0n) is 21.1. The third kappa shape index (κ3) is 5.35. The molecular formula is C29H31N3O4. The van der Waals surface area contributed by atoms with Crippen LogP contribution in [0.2, 0.25) is 0 Å². The second kappa shape index (κ2) is 11.4. The second-order valence-corrected chi connectivity index (χ2v) is 8.33. The van der Waals surface area contributed by atoms with Crippen molar-refractivity contribution in [2.75, 3.05) is 20.8 Å². The first-order valence-electron chi connectivity index (χ1n) is 11.9. The molecule has 0 N–H and O–H groups in total. The lowest BCUT2D eigenvalue weighted by Gasteiger charge is -2.23. The molecule has 36 heavy (non-hydrogen) atoms. The molecule has 0 spiro atoms. The first-order valence-corrected chi connectivity index (χ1v) is 11.9. The van der Waals surface area contributed by atoms with E-state index in [1.807, 2.05) is 78.6 Å². The zero-order chi connectivity index (χ0) is 25.5. The highest BCUT2D eigenvalue weighted by Crippen LogP contribution is 2.36. The van der Waals surface area contributed by atoms with Crippen LogP contribution in [0.4, 0.5) is 0 Å². The predicted molar refractivity (Wildman–Crippen MR) is 139 cm³/mol. The van der Waals surface area contributed by atoms with Gasteiger partial charge >= 0.3 is 0 Å². The van der Waals surface area contributed by atoms with Crippen molar-refractivity contribution in [2.24, 2.45) is 0 Å². The smallest absolute Gasteiger partial charge is 0.254 e.